The second-order valence-electron chi connectivity index (χ2n) is 10.1. The van der Waals surface area contributed by atoms with Gasteiger partial charge in [-0.2, -0.15) is 0 Å². The van der Waals surface area contributed by atoms with Crippen LogP contribution in [-0.2, 0) is 9.53 Å². The zero-order valence-electron chi connectivity index (χ0n) is 21.0. The molecule has 1 saturated heterocycles. The molecule has 1 atom stereocenters. The van der Waals surface area contributed by atoms with E-state index in [9.17, 15) is 4.79 Å². The molecule has 34 heavy (non-hydrogen) atoms. The van der Waals surface area contributed by atoms with Gasteiger partial charge in [0.2, 0.25) is 0 Å². The second kappa shape index (κ2) is 14.5. The van der Waals surface area contributed by atoms with Gasteiger partial charge in [0.15, 0.2) is 0 Å². The molecule has 4 rings (SSSR count). The number of benzene rings is 1. The van der Waals surface area contributed by atoms with E-state index in [-0.39, 0.29) is 18.1 Å². The molecule has 2 aliphatic carbocycles. The number of piperidine rings is 1. The topological polar surface area (TPSA) is 73.8 Å². The molecule has 0 aromatic heterocycles. The Hall–Kier alpha value is -1.89. The maximum Gasteiger partial charge on any atom is 0.323 e. The molecule has 190 valence electrons. The fraction of sp³-hybridized carbons (Fsp3) is 0.679. The van der Waals surface area contributed by atoms with E-state index in [1.807, 2.05) is 6.08 Å². The first-order chi connectivity index (χ1) is 16.6. The first-order valence-electron chi connectivity index (χ1n) is 13.4. The van der Waals surface area contributed by atoms with Crippen molar-refractivity contribution in [1.29, 1.82) is 0 Å². The van der Waals surface area contributed by atoms with Gasteiger partial charge in [-0.25, -0.2) is 5.48 Å². The lowest BCUT2D eigenvalue weighted by Gasteiger charge is -2.36. The highest BCUT2D eigenvalue weighted by Gasteiger charge is 2.33. The van der Waals surface area contributed by atoms with Gasteiger partial charge in [0.1, 0.15) is 12.1 Å². The third-order valence-electron chi connectivity index (χ3n) is 7.70. The van der Waals surface area contributed by atoms with Gasteiger partial charge in [-0.3, -0.25) is 4.79 Å². The third kappa shape index (κ3) is 8.10. The van der Waals surface area contributed by atoms with Crippen molar-refractivity contribution in [3.63, 3.8) is 0 Å². The smallest absolute Gasteiger partial charge is 0.323 e. The van der Waals surface area contributed by atoms with Crippen LogP contribution in [0.25, 0.3) is 6.08 Å². The minimum absolute atomic E-state index is 0.0264. The predicted octanol–water partition coefficient (Wildman–Crippen LogP) is 5.17. The molecule has 1 aliphatic heterocycles. The molecule has 3 fully saturated rings. The van der Waals surface area contributed by atoms with E-state index in [4.69, 9.17) is 9.94 Å². The van der Waals surface area contributed by atoms with Gasteiger partial charge < -0.3 is 20.2 Å². The van der Waals surface area contributed by atoms with Crippen LogP contribution < -0.4 is 15.7 Å². The normalized spacial score (nSPS) is 20.9. The second-order valence-corrected chi connectivity index (χ2v) is 10.1. The summed E-state index contributed by atoms with van der Waals surface area (Å²) in [4.78, 5) is 15.5. The summed E-state index contributed by atoms with van der Waals surface area (Å²) in [6.07, 6.45) is 15.0. The van der Waals surface area contributed by atoms with Crippen LogP contribution in [0.5, 0.6) is 0 Å². The molecule has 1 aromatic rings. The lowest BCUT2D eigenvalue weighted by Crippen LogP contribution is -2.48. The van der Waals surface area contributed by atoms with Gasteiger partial charge >= 0.3 is 5.97 Å². The van der Waals surface area contributed by atoms with Crippen molar-refractivity contribution in [2.45, 2.75) is 82.8 Å². The Morgan fingerprint density at radius 3 is 2.24 bits per heavy atom. The van der Waals surface area contributed by atoms with Crippen LogP contribution in [-0.4, -0.2) is 50.0 Å². The number of hydroxylamine groups is 1. The molecule has 1 unspecified atom stereocenters. The first kappa shape index (κ1) is 26.7. The van der Waals surface area contributed by atoms with Crippen LogP contribution in [0.15, 0.2) is 30.8 Å². The fourth-order valence-corrected chi connectivity index (χ4v) is 5.66. The molecular weight excluding hydrogens is 426 g/mol. The largest absolute Gasteiger partial charge is 0.461 e. The van der Waals surface area contributed by atoms with Gasteiger partial charge in [-0.05, 0) is 87.4 Å². The van der Waals surface area contributed by atoms with Crippen molar-refractivity contribution in [2.24, 2.45) is 11.8 Å². The van der Waals surface area contributed by atoms with Crippen molar-refractivity contribution >= 4 is 17.7 Å². The standard InChI is InChI=1S/C27H40N2O2.CH5NO/c1-2-21-12-14-24(15-13-21)29-18-16-22(17-19-29)20-28-26(23-8-4-3-5-9-23)27(30)31-25-10-6-7-11-25;1-2-3/h2,12-15,22-23,25-26,28H,1,3-11,16-20H2;2-3H,1H3. The minimum atomic E-state index is -0.106. The minimum Gasteiger partial charge on any atom is -0.461 e. The lowest BCUT2D eigenvalue weighted by atomic mass is 9.83. The number of nitrogens with one attached hydrogen (secondary N) is 2. The van der Waals surface area contributed by atoms with Crippen LogP contribution in [0.2, 0.25) is 0 Å². The molecular formula is C28H45N3O3. The van der Waals surface area contributed by atoms with Crippen LogP contribution in [0.3, 0.4) is 0 Å². The summed E-state index contributed by atoms with van der Waals surface area (Å²) in [5.74, 6) is 1.11. The van der Waals surface area contributed by atoms with Crippen LogP contribution in [0.4, 0.5) is 5.69 Å². The monoisotopic (exact) mass is 471 g/mol. The van der Waals surface area contributed by atoms with Gasteiger partial charge in [-0.15, -0.1) is 0 Å². The van der Waals surface area contributed by atoms with Crippen LogP contribution in [0.1, 0.15) is 76.2 Å². The van der Waals surface area contributed by atoms with E-state index < -0.39 is 0 Å². The Morgan fingerprint density at radius 1 is 1.06 bits per heavy atom. The van der Waals surface area contributed by atoms with E-state index in [0.717, 1.165) is 45.3 Å². The number of carbonyl (C=O) groups excluding carboxylic acids is 1. The Morgan fingerprint density at radius 2 is 1.65 bits per heavy atom. The van der Waals surface area contributed by atoms with Crippen LogP contribution >= 0.6 is 0 Å². The highest BCUT2D eigenvalue weighted by Crippen LogP contribution is 2.30. The van der Waals surface area contributed by atoms with E-state index in [1.165, 1.54) is 63.2 Å². The molecule has 6 heteroatoms. The number of anilines is 1. The van der Waals surface area contributed by atoms with Crippen molar-refractivity contribution in [3.05, 3.63) is 36.4 Å². The Bertz CT molecular complexity index is 719. The first-order valence-corrected chi connectivity index (χ1v) is 13.4. The molecule has 0 amide bonds. The number of hydrogen-bond acceptors (Lipinski definition) is 6. The zero-order valence-corrected chi connectivity index (χ0v) is 21.0. The highest BCUT2D eigenvalue weighted by atomic mass is 16.5. The number of nitrogens with zero attached hydrogens (tertiary/aromatic N) is 1. The van der Waals surface area contributed by atoms with Crippen molar-refractivity contribution in [3.8, 4) is 0 Å². The van der Waals surface area contributed by atoms with E-state index in [1.54, 1.807) is 5.48 Å². The Labute approximate surface area is 206 Å². The van der Waals surface area contributed by atoms with Gasteiger partial charge in [-0.1, -0.05) is 44.1 Å². The average molecular weight is 472 g/mol. The molecule has 3 N–H and O–H groups in total. The van der Waals surface area contributed by atoms with E-state index >= 15 is 0 Å². The third-order valence-corrected chi connectivity index (χ3v) is 7.70. The van der Waals surface area contributed by atoms with Crippen molar-refractivity contribution in [2.75, 3.05) is 31.6 Å². The highest BCUT2D eigenvalue weighted by molar-refractivity contribution is 5.76. The number of hydrogen-bond donors (Lipinski definition) is 3. The molecule has 0 bridgehead atoms. The maximum absolute atomic E-state index is 13.1. The average Bonchev–Trinajstić information content (AvgIpc) is 3.39. The summed E-state index contributed by atoms with van der Waals surface area (Å²) in [5, 5.41) is 11.0. The molecule has 1 heterocycles. The summed E-state index contributed by atoms with van der Waals surface area (Å²) < 4.78 is 5.94. The number of rotatable bonds is 8. The Kier molecular flexibility index (Phi) is 11.4. The molecule has 0 radical (unpaired) electrons. The summed E-state index contributed by atoms with van der Waals surface area (Å²) in [7, 11) is 1.43. The summed E-state index contributed by atoms with van der Waals surface area (Å²) in [5.41, 5.74) is 4.22. The number of carbonyl (C=O) groups is 1. The molecule has 3 aliphatic rings. The van der Waals surface area contributed by atoms with Crippen LogP contribution in [0, 0.1) is 11.8 Å². The number of esters is 1. The molecule has 1 aromatic carbocycles. The zero-order chi connectivity index (χ0) is 24.2. The SMILES string of the molecule is C=Cc1ccc(N2CCC(CNC(C(=O)OC3CCCC3)C3CCCCC3)CC2)cc1.CNO. The summed E-state index contributed by atoms with van der Waals surface area (Å²) in [6.45, 7) is 6.94. The van der Waals surface area contributed by atoms with E-state index in [2.05, 4.69) is 41.1 Å². The molecule has 6 nitrogen and oxygen atoms in total. The quantitative estimate of drug-likeness (QED) is 0.359. The van der Waals surface area contributed by atoms with Gasteiger partial charge in [0.25, 0.3) is 0 Å². The predicted molar refractivity (Wildman–Crippen MR) is 139 cm³/mol. The number of ether oxygens (including phenoxy) is 1. The fourth-order valence-electron chi connectivity index (χ4n) is 5.66. The molecule has 2 saturated carbocycles. The van der Waals surface area contributed by atoms with Crippen molar-refractivity contribution < 1.29 is 14.7 Å². The maximum atomic E-state index is 13.1. The van der Waals surface area contributed by atoms with Crippen molar-refractivity contribution in [1.82, 2.24) is 10.8 Å². The van der Waals surface area contributed by atoms with E-state index in [0.29, 0.717) is 11.8 Å². The lowest BCUT2D eigenvalue weighted by molar-refractivity contribution is -0.153. The van der Waals surface area contributed by atoms with Gasteiger partial charge in [0.05, 0.1) is 0 Å². The summed E-state index contributed by atoms with van der Waals surface area (Å²) in [6, 6.07) is 8.58. The van der Waals surface area contributed by atoms with Gasteiger partial charge in [0, 0.05) is 25.8 Å². The Balaban J connectivity index is 0.00000103. The summed E-state index contributed by atoms with van der Waals surface area (Å²) >= 11 is 0. The molecule has 0 spiro atoms.